The first kappa shape index (κ1) is 31.8. The van der Waals surface area contributed by atoms with E-state index in [1.807, 2.05) is 73.8 Å². The topological polar surface area (TPSA) is 138 Å². The van der Waals surface area contributed by atoms with Crippen molar-refractivity contribution in [3.63, 3.8) is 0 Å². The fourth-order valence-electron chi connectivity index (χ4n) is 6.31. The third-order valence-electron chi connectivity index (χ3n) is 8.82. The maximum absolute atomic E-state index is 14.0. The van der Waals surface area contributed by atoms with E-state index in [9.17, 15) is 24.6 Å². The highest BCUT2D eigenvalue weighted by molar-refractivity contribution is 6.07. The van der Waals surface area contributed by atoms with Crippen molar-refractivity contribution >= 4 is 29.2 Å². The van der Waals surface area contributed by atoms with E-state index in [0.29, 0.717) is 35.6 Å². The van der Waals surface area contributed by atoms with Crippen LogP contribution in [0.1, 0.15) is 55.0 Å². The number of hydrogen-bond donors (Lipinski definition) is 2. The summed E-state index contributed by atoms with van der Waals surface area (Å²) in [7, 11) is 0. The largest absolute Gasteiger partial charge is 0.441 e. The van der Waals surface area contributed by atoms with Gasteiger partial charge in [-0.2, -0.15) is 0 Å². The van der Waals surface area contributed by atoms with Crippen molar-refractivity contribution in [2.45, 2.75) is 57.5 Å². The molecule has 0 spiro atoms. The van der Waals surface area contributed by atoms with Crippen LogP contribution in [0, 0.1) is 5.92 Å². The molecule has 2 aliphatic heterocycles. The number of para-hydroxylation sites is 1. The van der Waals surface area contributed by atoms with Crippen molar-refractivity contribution in [3.8, 4) is 0 Å². The summed E-state index contributed by atoms with van der Waals surface area (Å²) in [5.74, 6) is -1.86. The van der Waals surface area contributed by atoms with Crippen molar-refractivity contribution in [2.75, 3.05) is 16.4 Å². The lowest BCUT2D eigenvalue weighted by Crippen LogP contribution is -2.54. The maximum Gasteiger partial charge on any atom is 0.304 e. The second kappa shape index (κ2) is 13.3. The van der Waals surface area contributed by atoms with Crippen LogP contribution in [0.4, 0.5) is 11.4 Å². The highest BCUT2D eigenvalue weighted by Gasteiger charge is 2.52. The number of allylic oxidation sites excluding steroid dienone is 1. The summed E-state index contributed by atoms with van der Waals surface area (Å²) in [5.41, 5.74) is 2.35. The summed E-state index contributed by atoms with van der Waals surface area (Å²) in [4.78, 5) is 40.8. The normalized spacial score (nSPS) is 20.3. The van der Waals surface area contributed by atoms with Gasteiger partial charge in [0.25, 0.3) is 5.91 Å². The Morgan fingerprint density at radius 1 is 1.09 bits per heavy atom. The van der Waals surface area contributed by atoms with Gasteiger partial charge in [0.1, 0.15) is 0 Å². The SMILES string of the molecule is CC(=O)OC1CC(=O)N1c1cccc(CN2C(=O)[C@](O)([C@H](C)/C=C/CCn3cc(C(CO)c4ccccc4)nn3)c3ccccc32)c1. The summed E-state index contributed by atoms with van der Waals surface area (Å²) in [6, 6.07) is 24.1. The first-order chi connectivity index (χ1) is 22.7. The number of amides is 2. The number of aliphatic hydroxyl groups excluding tert-OH is 1. The van der Waals surface area contributed by atoms with Crippen LogP contribution in [0.5, 0.6) is 0 Å². The molecule has 47 heavy (non-hydrogen) atoms. The molecule has 3 heterocycles. The Morgan fingerprint density at radius 3 is 2.60 bits per heavy atom. The van der Waals surface area contributed by atoms with Gasteiger partial charge < -0.3 is 19.8 Å². The molecule has 0 bridgehead atoms. The van der Waals surface area contributed by atoms with E-state index in [1.165, 1.54) is 11.8 Å². The van der Waals surface area contributed by atoms with Gasteiger partial charge >= 0.3 is 5.97 Å². The number of esters is 1. The van der Waals surface area contributed by atoms with Crippen LogP contribution >= 0.6 is 0 Å². The van der Waals surface area contributed by atoms with Crippen LogP contribution in [-0.2, 0) is 37.8 Å². The van der Waals surface area contributed by atoms with Crippen LogP contribution in [0.2, 0.25) is 0 Å². The Morgan fingerprint density at radius 2 is 1.85 bits per heavy atom. The van der Waals surface area contributed by atoms with Crippen molar-refractivity contribution in [2.24, 2.45) is 5.92 Å². The molecule has 11 nitrogen and oxygen atoms in total. The average molecular weight is 636 g/mol. The molecule has 1 saturated heterocycles. The second-order valence-electron chi connectivity index (χ2n) is 11.9. The molecule has 1 aromatic heterocycles. The van der Waals surface area contributed by atoms with Gasteiger partial charge in [0.15, 0.2) is 11.8 Å². The zero-order chi connectivity index (χ0) is 33.1. The number of nitrogens with zero attached hydrogens (tertiary/aromatic N) is 5. The number of anilines is 2. The van der Waals surface area contributed by atoms with Crippen LogP contribution in [-0.4, -0.2) is 55.8 Å². The zero-order valence-corrected chi connectivity index (χ0v) is 26.3. The minimum atomic E-state index is -1.77. The summed E-state index contributed by atoms with van der Waals surface area (Å²) >= 11 is 0. The maximum atomic E-state index is 14.0. The van der Waals surface area contributed by atoms with Gasteiger partial charge in [-0.15, -0.1) is 5.10 Å². The predicted octanol–water partition coefficient (Wildman–Crippen LogP) is 4.05. The molecule has 0 saturated carbocycles. The monoisotopic (exact) mass is 635 g/mol. The van der Waals surface area contributed by atoms with Gasteiger partial charge in [-0.25, -0.2) is 0 Å². The highest BCUT2D eigenvalue weighted by atomic mass is 16.6. The Balaban J connectivity index is 1.14. The second-order valence-corrected chi connectivity index (χ2v) is 11.9. The Bertz CT molecular complexity index is 1810. The van der Waals surface area contributed by atoms with E-state index < -0.39 is 29.6 Å². The van der Waals surface area contributed by atoms with Crippen molar-refractivity contribution in [1.29, 1.82) is 0 Å². The quantitative estimate of drug-likeness (QED) is 0.135. The minimum absolute atomic E-state index is 0.0780. The molecule has 2 amide bonds. The number of hydrogen-bond acceptors (Lipinski definition) is 8. The number of rotatable bonds is 12. The number of aromatic nitrogens is 3. The number of ether oxygens (including phenoxy) is 1. The van der Waals surface area contributed by atoms with Gasteiger partial charge in [0.2, 0.25) is 5.91 Å². The molecule has 4 atom stereocenters. The molecular weight excluding hydrogens is 598 g/mol. The number of β-lactam (4-membered cyclic amide) rings is 1. The van der Waals surface area contributed by atoms with E-state index in [0.717, 1.165) is 11.1 Å². The number of aliphatic hydroxyl groups is 2. The smallest absolute Gasteiger partial charge is 0.304 e. The van der Waals surface area contributed by atoms with Crippen molar-refractivity contribution in [3.05, 3.63) is 120 Å². The van der Waals surface area contributed by atoms with E-state index in [2.05, 4.69) is 10.3 Å². The lowest BCUT2D eigenvalue weighted by atomic mass is 9.83. The van der Waals surface area contributed by atoms with Crippen LogP contribution in [0.15, 0.2) is 97.2 Å². The van der Waals surface area contributed by atoms with Crippen molar-refractivity contribution in [1.82, 2.24) is 15.0 Å². The molecule has 4 aromatic rings. The van der Waals surface area contributed by atoms with Crippen LogP contribution in [0.3, 0.4) is 0 Å². The minimum Gasteiger partial charge on any atom is -0.441 e. The molecule has 242 valence electrons. The fourth-order valence-corrected chi connectivity index (χ4v) is 6.31. The lowest BCUT2D eigenvalue weighted by molar-refractivity contribution is -0.153. The molecule has 11 heteroatoms. The van der Waals surface area contributed by atoms with E-state index in [4.69, 9.17) is 4.74 Å². The van der Waals surface area contributed by atoms with Gasteiger partial charge in [-0.05, 0) is 35.7 Å². The summed E-state index contributed by atoms with van der Waals surface area (Å²) < 4.78 is 6.98. The standard InChI is InChI=1S/C36H37N5O6/c1-24(11-8-9-18-39-22-31(37-38-39)29(23-42)27-13-4-3-5-14-27)36(46)30-16-6-7-17-32(30)40(35(36)45)21-26-12-10-15-28(19-26)41-33(44)20-34(41)47-25(2)43/h3-8,10-17,19,22,24,29,34,42,46H,9,18,20-21,23H2,1-2H3/b11-8+/t24-,29?,34?,36+/m1/s1. The van der Waals surface area contributed by atoms with Gasteiger partial charge in [-0.3, -0.25) is 24.0 Å². The number of aryl methyl sites for hydroxylation is 1. The van der Waals surface area contributed by atoms with E-state index >= 15 is 0 Å². The molecular formula is C36H37N5O6. The zero-order valence-electron chi connectivity index (χ0n) is 26.3. The van der Waals surface area contributed by atoms with Gasteiger partial charge in [0, 0.05) is 36.8 Å². The van der Waals surface area contributed by atoms with Gasteiger partial charge in [0.05, 0.1) is 36.9 Å². The van der Waals surface area contributed by atoms with Crippen LogP contribution in [0.25, 0.3) is 0 Å². The fraction of sp³-hybridized carbons (Fsp3) is 0.306. The highest BCUT2D eigenvalue weighted by Crippen LogP contribution is 2.46. The first-order valence-corrected chi connectivity index (χ1v) is 15.6. The molecule has 2 N–H and O–H groups in total. The summed E-state index contributed by atoms with van der Waals surface area (Å²) in [6.07, 6.45) is 5.67. The lowest BCUT2D eigenvalue weighted by Gasteiger charge is -2.39. The van der Waals surface area contributed by atoms with Crippen LogP contribution < -0.4 is 9.80 Å². The average Bonchev–Trinajstić information content (AvgIpc) is 3.61. The number of fused-ring (bicyclic) bond motifs is 1. The molecule has 0 radical (unpaired) electrons. The van der Waals surface area contributed by atoms with E-state index in [1.54, 1.807) is 39.9 Å². The third-order valence-corrected chi connectivity index (χ3v) is 8.82. The predicted molar refractivity (Wildman–Crippen MR) is 174 cm³/mol. The molecule has 1 fully saturated rings. The molecule has 2 unspecified atom stereocenters. The summed E-state index contributed by atoms with van der Waals surface area (Å²) in [6.45, 7) is 3.75. The number of carbonyl (C=O) groups is 3. The molecule has 3 aromatic carbocycles. The molecule has 0 aliphatic carbocycles. The Hall–Kier alpha value is -5.13. The van der Waals surface area contributed by atoms with Gasteiger partial charge in [-0.1, -0.05) is 85.0 Å². The number of carbonyl (C=O) groups excluding carboxylic acids is 3. The third kappa shape index (κ3) is 6.19. The summed E-state index contributed by atoms with van der Waals surface area (Å²) in [5, 5.41) is 30.4. The van der Waals surface area contributed by atoms with E-state index in [-0.39, 0.29) is 31.4 Å². The molecule has 2 aliphatic rings. The first-order valence-electron chi connectivity index (χ1n) is 15.6. The Labute approximate surface area is 272 Å². The Kier molecular flexibility index (Phi) is 9.01. The van der Waals surface area contributed by atoms with Crippen molar-refractivity contribution < 1.29 is 29.3 Å². The number of benzene rings is 3. The molecule has 6 rings (SSSR count).